The van der Waals surface area contributed by atoms with Gasteiger partial charge in [-0.3, -0.25) is 4.40 Å². The highest BCUT2D eigenvalue weighted by Crippen LogP contribution is 2.24. The van der Waals surface area contributed by atoms with Crippen LogP contribution in [-0.2, 0) is 4.74 Å². The van der Waals surface area contributed by atoms with Gasteiger partial charge < -0.3 is 9.64 Å². The maximum atomic E-state index is 5.45. The molecule has 0 saturated carbocycles. The molecule has 1 aliphatic rings. The van der Waals surface area contributed by atoms with Gasteiger partial charge in [0.2, 0.25) is 0 Å². The molecule has 1 saturated heterocycles. The fourth-order valence-corrected chi connectivity index (χ4v) is 2.91. The standard InChI is InChI=1S/C18H19N3O/c1-14-5-7-15(8-6-14)16-13-21-17(19-16)3-2-4-18(21)20-9-11-22-12-10-20/h2-8,13H,9-12H2,1H3. The maximum absolute atomic E-state index is 5.45. The van der Waals surface area contributed by atoms with Crippen molar-refractivity contribution in [1.29, 1.82) is 0 Å². The molecule has 1 fully saturated rings. The molecule has 0 bridgehead atoms. The highest BCUT2D eigenvalue weighted by molar-refractivity contribution is 5.65. The minimum atomic E-state index is 0.788. The van der Waals surface area contributed by atoms with E-state index in [-0.39, 0.29) is 0 Å². The van der Waals surface area contributed by atoms with Crippen LogP contribution in [0.2, 0.25) is 0 Å². The molecule has 0 atom stereocenters. The van der Waals surface area contributed by atoms with Gasteiger partial charge in [-0.25, -0.2) is 4.98 Å². The van der Waals surface area contributed by atoms with E-state index in [0.29, 0.717) is 0 Å². The molecule has 1 aliphatic heterocycles. The Labute approximate surface area is 130 Å². The quantitative estimate of drug-likeness (QED) is 0.727. The third kappa shape index (κ3) is 2.35. The van der Waals surface area contributed by atoms with E-state index >= 15 is 0 Å². The first kappa shape index (κ1) is 13.3. The molecule has 0 aliphatic carbocycles. The number of benzene rings is 1. The molecular formula is C18H19N3O. The molecule has 1 aromatic carbocycles. The van der Waals surface area contributed by atoms with Crippen LogP contribution in [0.15, 0.2) is 48.7 Å². The summed E-state index contributed by atoms with van der Waals surface area (Å²) in [6, 6.07) is 14.8. The van der Waals surface area contributed by atoms with Gasteiger partial charge in [0.05, 0.1) is 18.9 Å². The lowest BCUT2D eigenvalue weighted by Gasteiger charge is -2.29. The smallest absolute Gasteiger partial charge is 0.139 e. The van der Waals surface area contributed by atoms with Gasteiger partial charge in [0.25, 0.3) is 0 Å². The Morgan fingerprint density at radius 3 is 2.55 bits per heavy atom. The van der Waals surface area contributed by atoms with Crippen LogP contribution in [0.1, 0.15) is 5.56 Å². The van der Waals surface area contributed by atoms with Crippen molar-refractivity contribution >= 4 is 11.5 Å². The van der Waals surface area contributed by atoms with Gasteiger partial charge in [-0.15, -0.1) is 0 Å². The summed E-state index contributed by atoms with van der Waals surface area (Å²) in [5.74, 6) is 1.19. The minimum absolute atomic E-state index is 0.788. The number of aromatic nitrogens is 2. The average molecular weight is 293 g/mol. The Balaban J connectivity index is 1.78. The Morgan fingerprint density at radius 1 is 1.00 bits per heavy atom. The largest absolute Gasteiger partial charge is 0.378 e. The first-order chi connectivity index (χ1) is 10.8. The molecule has 0 spiro atoms. The van der Waals surface area contributed by atoms with Crippen LogP contribution in [0.4, 0.5) is 5.82 Å². The van der Waals surface area contributed by atoms with Gasteiger partial charge in [0.15, 0.2) is 0 Å². The second-order valence-corrected chi connectivity index (χ2v) is 5.70. The van der Waals surface area contributed by atoms with Crippen molar-refractivity contribution in [2.45, 2.75) is 6.92 Å². The van der Waals surface area contributed by atoms with E-state index in [1.165, 1.54) is 11.4 Å². The zero-order valence-corrected chi connectivity index (χ0v) is 12.7. The van der Waals surface area contributed by atoms with E-state index in [4.69, 9.17) is 9.72 Å². The maximum Gasteiger partial charge on any atom is 0.139 e. The summed E-state index contributed by atoms with van der Waals surface area (Å²) in [7, 11) is 0. The predicted molar refractivity (Wildman–Crippen MR) is 88.4 cm³/mol. The third-order valence-electron chi connectivity index (χ3n) is 4.15. The van der Waals surface area contributed by atoms with Gasteiger partial charge >= 0.3 is 0 Å². The number of nitrogens with zero attached hydrogens (tertiary/aromatic N) is 3. The van der Waals surface area contributed by atoms with E-state index in [2.05, 4.69) is 64.9 Å². The molecule has 2 aromatic heterocycles. The summed E-state index contributed by atoms with van der Waals surface area (Å²) in [6.45, 7) is 5.53. The Kier molecular flexibility index (Phi) is 3.31. The summed E-state index contributed by atoms with van der Waals surface area (Å²) in [4.78, 5) is 7.13. The van der Waals surface area contributed by atoms with Crippen molar-refractivity contribution in [3.8, 4) is 11.3 Å². The van der Waals surface area contributed by atoms with Gasteiger partial charge in [-0.2, -0.15) is 0 Å². The number of pyridine rings is 1. The Morgan fingerprint density at radius 2 is 1.77 bits per heavy atom. The zero-order valence-electron chi connectivity index (χ0n) is 12.7. The van der Waals surface area contributed by atoms with Crippen molar-refractivity contribution in [3.63, 3.8) is 0 Å². The number of anilines is 1. The van der Waals surface area contributed by atoms with Crippen molar-refractivity contribution in [2.24, 2.45) is 0 Å². The number of rotatable bonds is 2. The first-order valence-corrected chi connectivity index (χ1v) is 7.69. The molecular weight excluding hydrogens is 274 g/mol. The molecule has 112 valence electrons. The first-order valence-electron chi connectivity index (χ1n) is 7.69. The molecule has 3 heterocycles. The second-order valence-electron chi connectivity index (χ2n) is 5.70. The summed E-state index contributed by atoms with van der Waals surface area (Å²) in [5, 5.41) is 0. The fraction of sp³-hybridized carbons (Fsp3) is 0.278. The predicted octanol–water partition coefficient (Wildman–Crippen LogP) is 3.15. The van der Waals surface area contributed by atoms with Crippen molar-refractivity contribution < 1.29 is 4.74 Å². The van der Waals surface area contributed by atoms with Crippen molar-refractivity contribution in [1.82, 2.24) is 9.38 Å². The van der Waals surface area contributed by atoms with Crippen LogP contribution in [-0.4, -0.2) is 35.7 Å². The Hall–Kier alpha value is -2.33. The van der Waals surface area contributed by atoms with E-state index in [1.54, 1.807) is 0 Å². The fourth-order valence-electron chi connectivity index (χ4n) is 2.91. The van der Waals surface area contributed by atoms with E-state index < -0.39 is 0 Å². The summed E-state index contributed by atoms with van der Waals surface area (Å²) < 4.78 is 7.63. The number of fused-ring (bicyclic) bond motifs is 1. The lowest BCUT2D eigenvalue weighted by atomic mass is 10.1. The SMILES string of the molecule is Cc1ccc(-c2cn3c(N4CCOCC4)cccc3n2)cc1. The second kappa shape index (κ2) is 5.46. The molecule has 0 unspecified atom stereocenters. The van der Waals surface area contributed by atoms with E-state index in [9.17, 15) is 0 Å². The Bertz CT molecular complexity index is 786. The lowest BCUT2D eigenvalue weighted by molar-refractivity contribution is 0.122. The van der Waals surface area contributed by atoms with Gasteiger partial charge in [-0.05, 0) is 19.1 Å². The normalized spacial score (nSPS) is 15.4. The highest BCUT2D eigenvalue weighted by atomic mass is 16.5. The summed E-state index contributed by atoms with van der Waals surface area (Å²) >= 11 is 0. The van der Waals surface area contributed by atoms with Crippen molar-refractivity contribution in [2.75, 3.05) is 31.2 Å². The average Bonchev–Trinajstić information content (AvgIpc) is 3.00. The van der Waals surface area contributed by atoms with Crippen LogP contribution in [0.25, 0.3) is 16.9 Å². The van der Waals surface area contributed by atoms with Crippen molar-refractivity contribution in [3.05, 3.63) is 54.2 Å². The molecule has 0 N–H and O–H groups in total. The molecule has 4 heteroatoms. The number of hydrogen-bond acceptors (Lipinski definition) is 3. The van der Waals surface area contributed by atoms with Gasteiger partial charge in [0, 0.05) is 24.8 Å². The zero-order chi connectivity index (χ0) is 14.9. The number of ether oxygens (including phenoxy) is 1. The van der Waals surface area contributed by atoms with E-state index in [1.807, 2.05) is 0 Å². The number of imidazole rings is 1. The van der Waals surface area contributed by atoms with Crippen LogP contribution < -0.4 is 4.90 Å². The minimum Gasteiger partial charge on any atom is -0.378 e. The van der Waals surface area contributed by atoms with Gasteiger partial charge in [0.1, 0.15) is 11.5 Å². The monoisotopic (exact) mass is 293 g/mol. The topological polar surface area (TPSA) is 29.8 Å². The lowest BCUT2D eigenvalue weighted by Crippen LogP contribution is -2.37. The highest BCUT2D eigenvalue weighted by Gasteiger charge is 2.15. The molecule has 3 aromatic rings. The van der Waals surface area contributed by atoms with Crippen LogP contribution >= 0.6 is 0 Å². The van der Waals surface area contributed by atoms with Crippen LogP contribution in [0, 0.1) is 6.92 Å². The summed E-state index contributed by atoms with van der Waals surface area (Å²) in [6.07, 6.45) is 2.13. The number of aryl methyl sites for hydroxylation is 1. The molecule has 4 nitrogen and oxygen atoms in total. The molecule has 4 rings (SSSR count). The number of hydrogen-bond donors (Lipinski definition) is 0. The molecule has 0 amide bonds. The number of morpholine rings is 1. The third-order valence-corrected chi connectivity index (χ3v) is 4.15. The van der Waals surface area contributed by atoms with Crippen LogP contribution in [0.5, 0.6) is 0 Å². The van der Waals surface area contributed by atoms with Gasteiger partial charge in [-0.1, -0.05) is 35.9 Å². The van der Waals surface area contributed by atoms with Crippen LogP contribution in [0.3, 0.4) is 0 Å². The molecule has 22 heavy (non-hydrogen) atoms. The summed E-state index contributed by atoms with van der Waals surface area (Å²) in [5.41, 5.74) is 4.42. The van der Waals surface area contributed by atoms with E-state index in [0.717, 1.165) is 43.2 Å². The molecule has 0 radical (unpaired) electrons.